The molecular weight excluding hydrogens is 432 g/mol. The summed E-state index contributed by atoms with van der Waals surface area (Å²) in [5, 5.41) is 7.91. The lowest BCUT2D eigenvalue weighted by Crippen LogP contribution is -2.65. The molecule has 1 aliphatic heterocycles. The van der Waals surface area contributed by atoms with E-state index in [1.165, 1.54) is 29.2 Å². The Morgan fingerprint density at radius 1 is 1.25 bits per heavy atom. The summed E-state index contributed by atoms with van der Waals surface area (Å²) >= 11 is 6.36. The molecule has 9 heteroatoms. The lowest BCUT2D eigenvalue weighted by molar-refractivity contribution is -0.127. The molecule has 2 aromatic rings. The molecule has 0 bridgehead atoms. The van der Waals surface area contributed by atoms with E-state index in [0.29, 0.717) is 16.3 Å². The number of nitrogens with zero attached hydrogens (tertiary/aromatic N) is 3. The molecule has 1 saturated carbocycles. The average Bonchev–Trinajstić information content (AvgIpc) is 3.20. The standard InChI is InChI=1S/C23H27ClN4O4/c1-14-16(24)10-7-11-18(14)28-20(29)19-12-17(21(30)32-3)26-27(19)13-23(28,2)22(31)25-15-8-5-4-6-9-15/h7,10-12,15H,4-6,8-9,13H2,1-3H3,(H,25,31)/t23-/m0/s1. The summed E-state index contributed by atoms with van der Waals surface area (Å²) in [5.41, 5.74) is 0.218. The number of hydrogen-bond donors (Lipinski definition) is 1. The molecule has 1 atom stereocenters. The van der Waals surface area contributed by atoms with Crippen molar-refractivity contribution in [1.29, 1.82) is 0 Å². The van der Waals surface area contributed by atoms with Gasteiger partial charge in [-0.1, -0.05) is 36.9 Å². The topological polar surface area (TPSA) is 93.5 Å². The number of amides is 2. The van der Waals surface area contributed by atoms with E-state index in [1.807, 2.05) is 6.92 Å². The number of carbonyl (C=O) groups excluding carboxylic acids is 3. The monoisotopic (exact) mass is 458 g/mol. The van der Waals surface area contributed by atoms with Crippen LogP contribution in [0.1, 0.15) is 65.6 Å². The molecule has 2 heterocycles. The van der Waals surface area contributed by atoms with E-state index in [4.69, 9.17) is 16.3 Å². The van der Waals surface area contributed by atoms with Crippen molar-refractivity contribution in [2.45, 2.75) is 64.1 Å². The van der Waals surface area contributed by atoms with Crippen molar-refractivity contribution >= 4 is 35.1 Å². The third-order valence-corrected chi connectivity index (χ3v) is 6.87. The predicted octanol–water partition coefficient (Wildman–Crippen LogP) is 3.50. The van der Waals surface area contributed by atoms with Gasteiger partial charge in [0, 0.05) is 22.8 Å². The van der Waals surface area contributed by atoms with Crippen molar-refractivity contribution in [1.82, 2.24) is 15.1 Å². The summed E-state index contributed by atoms with van der Waals surface area (Å²) < 4.78 is 6.18. The fourth-order valence-electron chi connectivity index (χ4n) is 4.59. The van der Waals surface area contributed by atoms with Gasteiger partial charge in [-0.15, -0.1) is 0 Å². The van der Waals surface area contributed by atoms with Crippen LogP contribution in [0.5, 0.6) is 0 Å². The second kappa shape index (κ2) is 8.58. The molecule has 0 spiro atoms. The van der Waals surface area contributed by atoms with E-state index in [0.717, 1.165) is 25.7 Å². The number of rotatable bonds is 4. The number of hydrogen-bond acceptors (Lipinski definition) is 5. The van der Waals surface area contributed by atoms with Crippen molar-refractivity contribution in [3.05, 3.63) is 46.2 Å². The Morgan fingerprint density at radius 3 is 2.66 bits per heavy atom. The third kappa shape index (κ3) is 3.77. The highest BCUT2D eigenvalue weighted by molar-refractivity contribution is 6.32. The van der Waals surface area contributed by atoms with Gasteiger partial charge in [-0.3, -0.25) is 19.2 Å². The van der Waals surface area contributed by atoms with Crippen LogP contribution >= 0.6 is 11.6 Å². The highest BCUT2D eigenvalue weighted by Crippen LogP contribution is 2.37. The fraction of sp³-hybridized carbons (Fsp3) is 0.478. The Labute approximate surface area is 191 Å². The minimum atomic E-state index is -1.27. The summed E-state index contributed by atoms with van der Waals surface area (Å²) in [6.45, 7) is 3.64. The molecule has 1 aliphatic carbocycles. The van der Waals surface area contributed by atoms with Crippen molar-refractivity contribution in [3.8, 4) is 0 Å². The maximum absolute atomic E-state index is 13.7. The van der Waals surface area contributed by atoms with Crippen LogP contribution in [0.2, 0.25) is 5.02 Å². The second-order valence-electron chi connectivity index (χ2n) is 8.67. The van der Waals surface area contributed by atoms with Gasteiger partial charge in [-0.2, -0.15) is 5.10 Å². The first-order valence-electron chi connectivity index (χ1n) is 10.8. The molecule has 2 amide bonds. The number of esters is 1. The normalized spacial score (nSPS) is 21.2. The number of fused-ring (bicyclic) bond motifs is 1. The average molecular weight is 459 g/mol. The molecule has 1 N–H and O–H groups in total. The van der Waals surface area contributed by atoms with Crippen LogP contribution in [0.4, 0.5) is 5.69 Å². The van der Waals surface area contributed by atoms with Gasteiger partial charge >= 0.3 is 5.97 Å². The Bertz CT molecular complexity index is 1080. The zero-order valence-corrected chi connectivity index (χ0v) is 19.2. The van der Waals surface area contributed by atoms with Crippen molar-refractivity contribution < 1.29 is 19.1 Å². The van der Waals surface area contributed by atoms with Gasteiger partial charge in [0.25, 0.3) is 5.91 Å². The van der Waals surface area contributed by atoms with Gasteiger partial charge in [0.15, 0.2) is 5.69 Å². The molecule has 32 heavy (non-hydrogen) atoms. The van der Waals surface area contributed by atoms with Gasteiger partial charge in [0.2, 0.25) is 5.91 Å². The summed E-state index contributed by atoms with van der Waals surface area (Å²) in [6, 6.07) is 6.75. The first-order chi connectivity index (χ1) is 15.3. The smallest absolute Gasteiger partial charge is 0.358 e. The van der Waals surface area contributed by atoms with E-state index < -0.39 is 17.4 Å². The summed E-state index contributed by atoms with van der Waals surface area (Å²) in [5.74, 6) is -1.32. The summed E-state index contributed by atoms with van der Waals surface area (Å²) in [7, 11) is 1.26. The lowest BCUT2D eigenvalue weighted by Gasteiger charge is -2.44. The van der Waals surface area contributed by atoms with E-state index >= 15 is 0 Å². The molecule has 1 fully saturated rings. The van der Waals surface area contributed by atoms with Gasteiger partial charge in [-0.05, 0) is 44.4 Å². The van der Waals surface area contributed by atoms with Gasteiger partial charge in [0.05, 0.1) is 13.7 Å². The molecule has 0 radical (unpaired) electrons. The van der Waals surface area contributed by atoms with Crippen LogP contribution in [0.3, 0.4) is 0 Å². The third-order valence-electron chi connectivity index (χ3n) is 6.46. The molecule has 1 aromatic carbocycles. The molecule has 170 valence electrons. The summed E-state index contributed by atoms with van der Waals surface area (Å²) in [6.07, 6.45) is 5.16. The minimum Gasteiger partial charge on any atom is -0.464 e. The maximum Gasteiger partial charge on any atom is 0.358 e. The van der Waals surface area contributed by atoms with E-state index in [2.05, 4.69) is 10.4 Å². The second-order valence-corrected chi connectivity index (χ2v) is 9.08. The van der Waals surface area contributed by atoms with Crippen molar-refractivity contribution in [2.75, 3.05) is 12.0 Å². The Kier molecular flexibility index (Phi) is 5.99. The largest absolute Gasteiger partial charge is 0.464 e. The minimum absolute atomic E-state index is 0.0237. The maximum atomic E-state index is 13.7. The molecule has 1 aromatic heterocycles. The molecule has 0 unspecified atom stereocenters. The number of anilines is 1. The quantitative estimate of drug-likeness (QED) is 0.708. The number of carbonyl (C=O) groups is 3. The number of nitrogens with one attached hydrogen (secondary N) is 1. The van der Waals surface area contributed by atoms with Crippen LogP contribution in [0, 0.1) is 6.92 Å². The van der Waals surface area contributed by atoms with Crippen LogP contribution in [-0.2, 0) is 16.1 Å². The Morgan fingerprint density at radius 2 is 1.97 bits per heavy atom. The summed E-state index contributed by atoms with van der Waals surface area (Å²) in [4.78, 5) is 40.9. The zero-order chi connectivity index (χ0) is 23.0. The molecule has 2 aliphatic rings. The first kappa shape index (κ1) is 22.3. The number of halogens is 1. The highest BCUT2D eigenvalue weighted by Gasteiger charge is 2.50. The Hall–Kier alpha value is -2.87. The van der Waals surface area contributed by atoms with Crippen LogP contribution < -0.4 is 10.2 Å². The molecule has 0 saturated heterocycles. The van der Waals surface area contributed by atoms with E-state index in [-0.39, 0.29) is 29.9 Å². The lowest BCUT2D eigenvalue weighted by atomic mass is 9.90. The van der Waals surface area contributed by atoms with Gasteiger partial charge in [0.1, 0.15) is 11.2 Å². The van der Waals surface area contributed by atoms with E-state index in [9.17, 15) is 14.4 Å². The SMILES string of the molecule is COC(=O)c1cc2n(n1)C[C@@](C)(C(=O)NC1CCCCC1)N(c1cccc(Cl)c1C)C2=O. The number of benzene rings is 1. The molecular formula is C23H27ClN4O4. The van der Waals surface area contributed by atoms with Crippen molar-refractivity contribution in [2.24, 2.45) is 0 Å². The van der Waals surface area contributed by atoms with E-state index in [1.54, 1.807) is 25.1 Å². The van der Waals surface area contributed by atoms with Crippen LogP contribution in [0.15, 0.2) is 24.3 Å². The number of ether oxygens (including phenoxy) is 1. The van der Waals surface area contributed by atoms with Gasteiger partial charge < -0.3 is 10.1 Å². The van der Waals surface area contributed by atoms with Crippen molar-refractivity contribution in [3.63, 3.8) is 0 Å². The number of aromatic nitrogens is 2. The predicted molar refractivity (Wildman–Crippen MR) is 120 cm³/mol. The molecule has 8 nitrogen and oxygen atoms in total. The van der Waals surface area contributed by atoms with Crippen LogP contribution in [0.25, 0.3) is 0 Å². The Balaban J connectivity index is 1.80. The highest BCUT2D eigenvalue weighted by atomic mass is 35.5. The fourth-order valence-corrected chi connectivity index (χ4v) is 4.76. The van der Waals surface area contributed by atoms with Crippen LogP contribution in [-0.4, -0.2) is 46.3 Å². The number of methoxy groups -OCH3 is 1. The van der Waals surface area contributed by atoms with Gasteiger partial charge in [-0.25, -0.2) is 4.79 Å². The first-order valence-corrected chi connectivity index (χ1v) is 11.2. The molecule has 4 rings (SSSR count). The zero-order valence-electron chi connectivity index (χ0n) is 18.5.